The quantitative estimate of drug-likeness (QED) is 0.429. The van der Waals surface area contributed by atoms with Crippen LogP contribution < -0.4 is 0 Å². The fourth-order valence-corrected chi connectivity index (χ4v) is 6.05. The van der Waals surface area contributed by atoms with Gasteiger partial charge in [0.05, 0.1) is 29.9 Å². The number of aliphatic imine (C=N–C) groups is 2. The lowest BCUT2D eigenvalue weighted by atomic mass is 9.97. The van der Waals surface area contributed by atoms with Gasteiger partial charge in [-0.05, 0) is 104 Å². The molecule has 0 saturated heterocycles. The van der Waals surface area contributed by atoms with Crippen molar-refractivity contribution in [3.8, 4) is 0 Å². The molecule has 0 saturated carbocycles. The zero-order valence-corrected chi connectivity index (χ0v) is 23.7. The monoisotopic (exact) mass is 510 g/mol. The van der Waals surface area contributed by atoms with Gasteiger partial charge in [-0.1, -0.05) is 13.8 Å². The number of methoxy groups -OCH3 is 1. The Bertz CT molecular complexity index is 1510. The van der Waals surface area contributed by atoms with Crippen LogP contribution in [0.2, 0.25) is 0 Å². The summed E-state index contributed by atoms with van der Waals surface area (Å²) in [7, 11) is 1.44. The van der Waals surface area contributed by atoms with Crippen LogP contribution in [-0.2, 0) is 28.8 Å². The molecule has 0 aromatic carbocycles. The zero-order chi connectivity index (χ0) is 27.1. The maximum atomic E-state index is 12.0. The lowest BCUT2D eigenvalue weighted by Crippen LogP contribution is -2.08. The summed E-state index contributed by atoms with van der Waals surface area (Å²) >= 11 is 0. The normalized spacial score (nSPS) is 19.8. The van der Waals surface area contributed by atoms with Gasteiger partial charge >= 0.3 is 5.97 Å². The molecular weight excluding hydrogens is 472 g/mol. The van der Waals surface area contributed by atoms with Crippen LogP contribution >= 0.6 is 0 Å². The summed E-state index contributed by atoms with van der Waals surface area (Å²) in [5.74, 6) is -0.200. The molecule has 5 rings (SSSR count). The van der Waals surface area contributed by atoms with E-state index in [9.17, 15) is 4.79 Å². The predicted octanol–water partition coefficient (Wildman–Crippen LogP) is 6.91. The second-order valence-corrected chi connectivity index (χ2v) is 10.5. The van der Waals surface area contributed by atoms with E-state index in [4.69, 9.17) is 14.7 Å². The van der Waals surface area contributed by atoms with Gasteiger partial charge in [0.2, 0.25) is 0 Å². The molecule has 3 aliphatic heterocycles. The number of aryl methyl sites for hydroxylation is 1. The van der Waals surface area contributed by atoms with Gasteiger partial charge in [0.1, 0.15) is 0 Å². The lowest BCUT2D eigenvalue weighted by Gasteiger charge is -2.07. The molecule has 3 aliphatic rings. The number of esters is 1. The van der Waals surface area contributed by atoms with E-state index in [0.717, 1.165) is 70.3 Å². The SMILES string of the molecule is CCC1=C(C)/C2=C/c3[nH]c(cc3C)CC3=N/C(=C\c4[nH]c(c(CC)c4C)CC1=N2)C(C)=C3CCC(=O)OC. The van der Waals surface area contributed by atoms with Gasteiger partial charge in [-0.3, -0.25) is 14.8 Å². The second kappa shape index (κ2) is 10.2. The number of ether oxygens (including phenoxy) is 1. The molecule has 0 aliphatic carbocycles. The van der Waals surface area contributed by atoms with Gasteiger partial charge in [-0.25, -0.2) is 0 Å². The number of fused-ring (bicyclic) bond motifs is 6. The number of carbonyl (C=O) groups excluding carboxylic acids is 1. The predicted molar refractivity (Wildman–Crippen MR) is 156 cm³/mol. The Balaban J connectivity index is 1.68. The van der Waals surface area contributed by atoms with Crippen molar-refractivity contribution in [2.45, 2.75) is 80.1 Å². The first-order valence-electron chi connectivity index (χ1n) is 13.7. The molecule has 2 aromatic heterocycles. The highest BCUT2D eigenvalue weighted by Gasteiger charge is 2.26. The molecule has 2 aromatic rings. The minimum Gasteiger partial charge on any atom is -0.469 e. The van der Waals surface area contributed by atoms with Gasteiger partial charge in [0.15, 0.2) is 0 Å². The summed E-state index contributed by atoms with van der Waals surface area (Å²) in [5, 5.41) is 0. The van der Waals surface area contributed by atoms with Crippen molar-refractivity contribution in [3.63, 3.8) is 0 Å². The Labute approximate surface area is 225 Å². The standard InChI is InChI=1S/C32H38N4O2/c1-8-22-18(4)26-14-25-17(3)12-21(33-25)13-29-24(10-11-32(37)38-7)20(6)28(34-29)15-27-19(5)23(9-2)31(36-27)16-30(22)35-26/h12,14-15,33,36H,8-11,13,16H2,1-7H3/b26-14-,28-15-. The number of hydrogen-bond acceptors (Lipinski definition) is 4. The molecule has 38 heavy (non-hydrogen) atoms. The number of nitrogens with zero attached hydrogens (tertiary/aromatic N) is 2. The van der Waals surface area contributed by atoms with E-state index in [1.165, 1.54) is 40.6 Å². The molecule has 0 unspecified atom stereocenters. The Morgan fingerprint density at radius 3 is 2.21 bits per heavy atom. The highest BCUT2D eigenvalue weighted by Crippen LogP contribution is 2.35. The molecule has 0 fully saturated rings. The van der Waals surface area contributed by atoms with Crippen LogP contribution in [0.4, 0.5) is 0 Å². The summed E-state index contributed by atoms with van der Waals surface area (Å²) in [6.45, 7) is 13.1. The third-order valence-electron chi connectivity index (χ3n) is 8.28. The highest BCUT2D eigenvalue weighted by atomic mass is 16.5. The van der Waals surface area contributed by atoms with Gasteiger partial charge in [-0.2, -0.15) is 0 Å². The minimum absolute atomic E-state index is 0.200. The topological polar surface area (TPSA) is 82.6 Å². The summed E-state index contributed by atoms with van der Waals surface area (Å²) in [6, 6.07) is 2.20. The zero-order valence-electron chi connectivity index (χ0n) is 23.7. The number of rotatable bonds is 5. The average Bonchev–Trinajstić information content (AvgIpc) is 3.57. The molecule has 5 heterocycles. The highest BCUT2D eigenvalue weighted by molar-refractivity contribution is 6.07. The molecule has 8 bridgehead atoms. The van der Waals surface area contributed by atoms with Crippen molar-refractivity contribution >= 4 is 29.5 Å². The number of allylic oxidation sites excluding steroid dienone is 4. The smallest absolute Gasteiger partial charge is 0.305 e. The van der Waals surface area contributed by atoms with E-state index in [1.807, 2.05) is 0 Å². The average molecular weight is 511 g/mol. The van der Waals surface area contributed by atoms with Crippen LogP contribution in [0.15, 0.2) is 49.7 Å². The number of aromatic amines is 2. The van der Waals surface area contributed by atoms with Gasteiger partial charge in [-0.15, -0.1) is 0 Å². The molecule has 198 valence electrons. The molecule has 0 radical (unpaired) electrons. The first-order valence-corrected chi connectivity index (χ1v) is 13.7. The molecule has 6 heteroatoms. The van der Waals surface area contributed by atoms with Crippen LogP contribution in [0.3, 0.4) is 0 Å². The molecular formula is C32H38N4O2. The maximum Gasteiger partial charge on any atom is 0.305 e. The summed E-state index contributed by atoms with van der Waals surface area (Å²) in [6.07, 6.45) is 8.70. The van der Waals surface area contributed by atoms with E-state index in [-0.39, 0.29) is 5.97 Å². The van der Waals surface area contributed by atoms with Crippen LogP contribution in [-0.4, -0.2) is 34.5 Å². The Morgan fingerprint density at radius 2 is 1.55 bits per heavy atom. The van der Waals surface area contributed by atoms with E-state index in [0.29, 0.717) is 19.3 Å². The number of carbonyl (C=O) groups is 1. The molecule has 0 spiro atoms. The first kappa shape index (κ1) is 26.0. The molecule has 0 amide bonds. The van der Waals surface area contributed by atoms with Gasteiger partial charge in [0.25, 0.3) is 0 Å². The maximum absolute atomic E-state index is 12.0. The van der Waals surface area contributed by atoms with Crippen LogP contribution in [0, 0.1) is 13.8 Å². The number of nitrogens with one attached hydrogen (secondary N) is 2. The molecule has 0 atom stereocenters. The van der Waals surface area contributed by atoms with Crippen molar-refractivity contribution < 1.29 is 9.53 Å². The van der Waals surface area contributed by atoms with Crippen LogP contribution in [0.1, 0.15) is 86.4 Å². The van der Waals surface area contributed by atoms with Gasteiger partial charge < -0.3 is 14.7 Å². The third-order valence-corrected chi connectivity index (χ3v) is 8.28. The van der Waals surface area contributed by atoms with E-state index in [1.54, 1.807) is 0 Å². The fraction of sp³-hybridized carbons (Fsp3) is 0.406. The van der Waals surface area contributed by atoms with Crippen LogP contribution in [0.5, 0.6) is 0 Å². The largest absolute Gasteiger partial charge is 0.469 e. The van der Waals surface area contributed by atoms with Crippen molar-refractivity contribution in [3.05, 3.63) is 79.2 Å². The van der Waals surface area contributed by atoms with E-state index in [2.05, 4.69) is 69.7 Å². The lowest BCUT2D eigenvalue weighted by molar-refractivity contribution is -0.140. The van der Waals surface area contributed by atoms with E-state index >= 15 is 0 Å². The Morgan fingerprint density at radius 1 is 0.895 bits per heavy atom. The second-order valence-electron chi connectivity index (χ2n) is 10.5. The van der Waals surface area contributed by atoms with Gasteiger partial charge in [0, 0.05) is 42.0 Å². The van der Waals surface area contributed by atoms with Crippen molar-refractivity contribution in [2.24, 2.45) is 9.98 Å². The van der Waals surface area contributed by atoms with Crippen molar-refractivity contribution in [1.29, 1.82) is 0 Å². The summed E-state index contributed by atoms with van der Waals surface area (Å²) < 4.78 is 4.93. The fourth-order valence-electron chi connectivity index (χ4n) is 6.05. The van der Waals surface area contributed by atoms with Crippen molar-refractivity contribution in [2.75, 3.05) is 7.11 Å². The first-order chi connectivity index (χ1) is 18.2. The number of H-pyrrole nitrogens is 2. The van der Waals surface area contributed by atoms with Crippen LogP contribution in [0.25, 0.3) is 12.2 Å². The van der Waals surface area contributed by atoms with E-state index < -0.39 is 0 Å². The van der Waals surface area contributed by atoms with Crippen molar-refractivity contribution in [1.82, 2.24) is 9.97 Å². The number of aromatic nitrogens is 2. The third kappa shape index (κ3) is 4.57. The summed E-state index contributed by atoms with van der Waals surface area (Å²) in [5.41, 5.74) is 17.4. The molecule has 2 N–H and O–H groups in total. The Kier molecular flexibility index (Phi) is 6.99. The number of hydrogen-bond donors (Lipinski definition) is 2. The molecule has 6 nitrogen and oxygen atoms in total. The minimum atomic E-state index is -0.200. The summed E-state index contributed by atoms with van der Waals surface area (Å²) in [4.78, 5) is 29.6. The Hall–Kier alpha value is -3.67.